The molecule has 0 aliphatic carbocycles. The molecule has 5 nitrogen and oxygen atoms in total. The molecule has 0 bridgehead atoms. The van der Waals surface area contributed by atoms with E-state index in [1.54, 1.807) is 0 Å². The van der Waals surface area contributed by atoms with Crippen molar-refractivity contribution in [2.24, 2.45) is 10.9 Å². The minimum Gasteiger partial charge on any atom is -0.357 e. The summed E-state index contributed by atoms with van der Waals surface area (Å²) < 4.78 is 0. The van der Waals surface area contributed by atoms with Crippen molar-refractivity contribution >= 4 is 23.2 Å². The van der Waals surface area contributed by atoms with E-state index >= 15 is 0 Å². The van der Waals surface area contributed by atoms with E-state index in [4.69, 9.17) is 4.99 Å². The van der Waals surface area contributed by atoms with Crippen LogP contribution in [0.4, 0.5) is 0 Å². The van der Waals surface area contributed by atoms with Crippen LogP contribution in [0.3, 0.4) is 0 Å². The van der Waals surface area contributed by atoms with Crippen LogP contribution in [0.15, 0.2) is 22.5 Å². The van der Waals surface area contributed by atoms with Crippen LogP contribution in [0, 0.1) is 5.92 Å². The van der Waals surface area contributed by atoms with Crippen LogP contribution in [-0.4, -0.2) is 49.5 Å². The molecule has 1 fully saturated rings. The Bertz CT molecular complexity index is 493. The van der Waals surface area contributed by atoms with E-state index in [9.17, 15) is 4.79 Å². The third-order valence-corrected chi connectivity index (χ3v) is 4.91. The molecule has 0 radical (unpaired) electrons. The molecule has 2 heterocycles. The van der Waals surface area contributed by atoms with Gasteiger partial charge < -0.3 is 15.5 Å². The van der Waals surface area contributed by atoms with Gasteiger partial charge in [0.1, 0.15) is 0 Å². The maximum Gasteiger partial charge on any atom is 0.261 e. The quantitative estimate of drug-likeness (QED) is 0.477. The predicted molar refractivity (Wildman–Crippen MR) is 97.2 cm³/mol. The topological polar surface area (TPSA) is 56.7 Å². The molecule has 23 heavy (non-hydrogen) atoms. The zero-order valence-electron chi connectivity index (χ0n) is 14.2. The highest BCUT2D eigenvalue weighted by Gasteiger charge is 2.18. The van der Waals surface area contributed by atoms with Crippen LogP contribution in [0.1, 0.15) is 42.8 Å². The Morgan fingerprint density at radius 2 is 2.17 bits per heavy atom. The minimum absolute atomic E-state index is 0.0147. The lowest BCUT2D eigenvalue weighted by molar-refractivity contribution is 0.0957. The van der Waals surface area contributed by atoms with E-state index in [-0.39, 0.29) is 5.91 Å². The van der Waals surface area contributed by atoms with Gasteiger partial charge in [0, 0.05) is 32.7 Å². The van der Waals surface area contributed by atoms with Crippen molar-refractivity contribution in [1.82, 2.24) is 15.5 Å². The van der Waals surface area contributed by atoms with E-state index in [0.29, 0.717) is 6.54 Å². The average molecular weight is 337 g/mol. The Kier molecular flexibility index (Phi) is 7.39. The van der Waals surface area contributed by atoms with Crippen LogP contribution in [0.25, 0.3) is 0 Å². The molecule has 0 spiro atoms. The molecule has 1 amide bonds. The molecule has 2 rings (SSSR count). The molecule has 128 valence electrons. The van der Waals surface area contributed by atoms with Crippen LogP contribution in [0.2, 0.25) is 0 Å². The number of aliphatic imine (C=N–C) groups is 1. The number of thiophene rings is 1. The number of carbonyl (C=O) groups is 1. The number of guanidine groups is 1. The number of amides is 1. The zero-order valence-corrected chi connectivity index (χ0v) is 15.0. The van der Waals surface area contributed by atoms with E-state index in [1.165, 1.54) is 24.2 Å². The second-order valence-electron chi connectivity index (χ2n) is 5.99. The van der Waals surface area contributed by atoms with Crippen molar-refractivity contribution in [3.63, 3.8) is 0 Å². The Hall–Kier alpha value is -1.56. The normalized spacial score (nSPS) is 16.4. The second kappa shape index (κ2) is 9.55. The van der Waals surface area contributed by atoms with Gasteiger partial charge in [0.15, 0.2) is 5.96 Å². The summed E-state index contributed by atoms with van der Waals surface area (Å²) in [5, 5.41) is 8.24. The molecule has 1 saturated heterocycles. The summed E-state index contributed by atoms with van der Waals surface area (Å²) in [6.45, 7) is 8.88. The number of carbonyl (C=O) groups excluding carboxylic acids is 1. The molecule has 0 saturated carbocycles. The molecular formula is C17H28N4OS. The maximum atomic E-state index is 11.8. The van der Waals surface area contributed by atoms with E-state index in [0.717, 1.165) is 49.4 Å². The van der Waals surface area contributed by atoms with Crippen molar-refractivity contribution in [2.75, 3.05) is 32.7 Å². The molecule has 0 aromatic carbocycles. The molecular weight excluding hydrogens is 308 g/mol. The van der Waals surface area contributed by atoms with Gasteiger partial charge in [-0.2, -0.15) is 0 Å². The lowest BCUT2D eigenvalue weighted by Gasteiger charge is -2.33. The standard InChI is InChI=1S/C17H28N4OS/c1-3-18-17(21-11-7-14(2)8-12-21)20-10-5-9-19-16(22)15-6-4-13-23-15/h4,6,13-14H,3,5,7-12H2,1-2H3,(H,18,20)(H,19,22). The van der Waals surface area contributed by atoms with Crippen LogP contribution < -0.4 is 10.6 Å². The van der Waals surface area contributed by atoms with Crippen molar-refractivity contribution < 1.29 is 4.79 Å². The maximum absolute atomic E-state index is 11.8. The molecule has 1 aromatic heterocycles. The van der Waals surface area contributed by atoms with Gasteiger partial charge in [0.05, 0.1) is 4.88 Å². The van der Waals surface area contributed by atoms with Crippen molar-refractivity contribution in [3.05, 3.63) is 22.4 Å². The Morgan fingerprint density at radius 3 is 2.83 bits per heavy atom. The third kappa shape index (κ3) is 5.86. The summed E-state index contributed by atoms with van der Waals surface area (Å²) in [7, 11) is 0. The van der Waals surface area contributed by atoms with E-state index in [1.807, 2.05) is 17.5 Å². The van der Waals surface area contributed by atoms with Gasteiger partial charge in [0.2, 0.25) is 0 Å². The number of nitrogens with zero attached hydrogens (tertiary/aromatic N) is 2. The van der Waals surface area contributed by atoms with Gasteiger partial charge in [-0.25, -0.2) is 0 Å². The van der Waals surface area contributed by atoms with Crippen LogP contribution >= 0.6 is 11.3 Å². The van der Waals surface area contributed by atoms with Gasteiger partial charge in [-0.1, -0.05) is 13.0 Å². The third-order valence-electron chi connectivity index (χ3n) is 4.05. The molecule has 0 unspecified atom stereocenters. The number of hydrogen-bond donors (Lipinski definition) is 2. The summed E-state index contributed by atoms with van der Waals surface area (Å²) in [6.07, 6.45) is 3.33. The molecule has 1 aliphatic rings. The molecule has 6 heteroatoms. The molecule has 2 N–H and O–H groups in total. The highest BCUT2D eigenvalue weighted by Crippen LogP contribution is 2.15. The van der Waals surface area contributed by atoms with Crippen LogP contribution in [-0.2, 0) is 0 Å². The van der Waals surface area contributed by atoms with Gasteiger partial charge in [-0.3, -0.25) is 9.79 Å². The fraction of sp³-hybridized carbons (Fsp3) is 0.647. The number of hydrogen-bond acceptors (Lipinski definition) is 3. The van der Waals surface area contributed by atoms with Crippen molar-refractivity contribution in [1.29, 1.82) is 0 Å². The van der Waals surface area contributed by atoms with Crippen molar-refractivity contribution in [3.8, 4) is 0 Å². The summed E-state index contributed by atoms with van der Waals surface area (Å²) in [4.78, 5) is 19.7. The fourth-order valence-corrected chi connectivity index (χ4v) is 3.25. The summed E-state index contributed by atoms with van der Waals surface area (Å²) in [5.74, 6) is 1.85. The first-order chi connectivity index (χ1) is 11.2. The minimum atomic E-state index is 0.0147. The van der Waals surface area contributed by atoms with Gasteiger partial charge in [-0.15, -0.1) is 11.3 Å². The highest BCUT2D eigenvalue weighted by atomic mass is 32.1. The lowest BCUT2D eigenvalue weighted by atomic mass is 10.00. The van der Waals surface area contributed by atoms with Gasteiger partial charge in [-0.05, 0) is 43.6 Å². The first-order valence-electron chi connectivity index (χ1n) is 8.55. The van der Waals surface area contributed by atoms with Crippen molar-refractivity contribution in [2.45, 2.75) is 33.1 Å². The largest absolute Gasteiger partial charge is 0.357 e. The first kappa shape index (κ1) is 17.8. The monoisotopic (exact) mass is 336 g/mol. The average Bonchev–Trinajstić information content (AvgIpc) is 3.09. The summed E-state index contributed by atoms with van der Waals surface area (Å²) in [5.41, 5.74) is 0. The number of rotatable bonds is 6. The number of nitrogens with one attached hydrogen (secondary N) is 2. The van der Waals surface area contributed by atoms with E-state index < -0.39 is 0 Å². The predicted octanol–water partition coefficient (Wildman–Crippen LogP) is 2.57. The Balaban J connectivity index is 1.71. The Morgan fingerprint density at radius 1 is 1.39 bits per heavy atom. The summed E-state index contributed by atoms with van der Waals surface area (Å²) >= 11 is 1.47. The lowest BCUT2D eigenvalue weighted by Crippen LogP contribution is -2.45. The van der Waals surface area contributed by atoms with Gasteiger partial charge in [0.25, 0.3) is 5.91 Å². The smallest absolute Gasteiger partial charge is 0.261 e. The summed E-state index contributed by atoms with van der Waals surface area (Å²) in [6, 6.07) is 3.74. The molecule has 1 aliphatic heterocycles. The molecule has 1 aromatic rings. The fourth-order valence-electron chi connectivity index (χ4n) is 2.61. The SMILES string of the molecule is CCNC(=NCCCNC(=O)c1cccs1)N1CCC(C)CC1. The van der Waals surface area contributed by atoms with Gasteiger partial charge >= 0.3 is 0 Å². The van der Waals surface area contributed by atoms with Crippen LogP contribution in [0.5, 0.6) is 0 Å². The zero-order chi connectivity index (χ0) is 16.5. The number of likely N-dealkylation sites (tertiary alicyclic amines) is 1. The Labute approximate surface area is 143 Å². The second-order valence-corrected chi connectivity index (χ2v) is 6.94. The first-order valence-corrected chi connectivity index (χ1v) is 9.43. The molecule has 0 atom stereocenters. The number of piperidine rings is 1. The highest BCUT2D eigenvalue weighted by molar-refractivity contribution is 7.12. The van der Waals surface area contributed by atoms with E-state index in [2.05, 4.69) is 29.4 Å².